The van der Waals surface area contributed by atoms with Crippen LogP contribution >= 0.6 is 220 Å². The molecule has 322 valence electrons. The van der Waals surface area contributed by atoms with Crippen LogP contribution in [0.4, 0.5) is 0 Å². The Morgan fingerprint density at radius 1 is 0.281 bits per heavy atom. The number of fused-ring (bicyclic) bond motifs is 8. The first kappa shape index (κ1) is 48.7. The minimum Gasteiger partial charge on any atom is -0.352 e. The highest BCUT2D eigenvalue weighted by molar-refractivity contribution is 9.18. The summed E-state index contributed by atoms with van der Waals surface area (Å²) in [4.78, 5) is 18.3. The van der Waals surface area contributed by atoms with Crippen LogP contribution < -0.4 is 0 Å². The van der Waals surface area contributed by atoms with E-state index < -0.39 is 0 Å². The topological polar surface area (TPSA) is 57.4 Å². The van der Waals surface area contributed by atoms with Gasteiger partial charge in [-0.2, -0.15) is 0 Å². The number of halogens is 16. The van der Waals surface area contributed by atoms with Crippen molar-refractivity contribution in [2.45, 2.75) is 0 Å². The lowest BCUT2D eigenvalue weighted by Gasteiger charge is -2.12. The van der Waals surface area contributed by atoms with Crippen molar-refractivity contribution in [3.63, 3.8) is 0 Å². The van der Waals surface area contributed by atoms with E-state index in [1.54, 1.807) is 72.8 Å². The molecule has 8 bridgehead atoms. The number of benzene rings is 4. The second kappa shape index (κ2) is 19.1. The fourth-order valence-corrected chi connectivity index (χ4v) is 13.7. The molecule has 4 aromatic carbocycles. The van der Waals surface area contributed by atoms with Crippen LogP contribution in [0.15, 0.2) is 90.7 Å². The Hall–Kier alpha value is -0.360. The summed E-state index contributed by atoms with van der Waals surface area (Å²) in [6.45, 7) is 0. The molecule has 0 spiro atoms. The van der Waals surface area contributed by atoms with Gasteiger partial charge < -0.3 is 9.97 Å². The van der Waals surface area contributed by atoms with Gasteiger partial charge in [-0.25, -0.2) is 9.97 Å². The Morgan fingerprint density at radius 3 is 0.625 bits per heavy atom. The number of nitrogens with one attached hydrogen (secondary N) is 2. The van der Waals surface area contributed by atoms with Crippen LogP contribution in [-0.2, 0) is 0 Å². The van der Waals surface area contributed by atoms with Gasteiger partial charge in [0.1, 0.15) is 0 Å². The van der Waals surface area contributed by atoms with Crippen LogP contribution in [0.2, 0.25) is 40.2 Å². The zero-order valence-corrected chi connectivity index (χ0v) is 49.6. The summed E-state index contributed by atoms with van der Waals surface area (Å²) in [5.41, 5.74) is 7.90. The molecule has 0 atom stereocenters. The molecule has 0 saturated heterocycles. The average molecular weight is 1520 g/mol. The highest BCUT2D eigenvalue weighted by Gasteiger charge is 2.33. The third kappa shape index (κ3) is 8.07. The molecule has 2 aliphatic heterocycles. The van der Waals surface area contributed by atoms with Gasteiger partial charge in [-0.05, 0) is 176 Å². The van der Waals surface area contributed by atoms with E-state index in [2.05, 4.69) is 137 Å². The van der Waals surface area contributed by atoms with E-state index in [4.69, 9.17) is 103 Å². The fourth-order valence-electron chi connectivity index (χ4n) is 7.49. The number of aromatic nitrogens is 4. The second-order valence-electron chi connectivity index (χ2n) is 13.8. The molecular formula is C44H14Br8Cl8N4. The average Bonchev–Trinajstić information content (AvgIpc) is 3.91. The molecule has 2 N–H and O–H groups in total. The van der Waals surface area contributed by atoms with Gasteiger partial charge in [0.25, 0.3) is 0 Å². The zero-order chi connectivity index (χ0) is 45.8. The van der Waals surface area contributed by atoms with Gasteiger partial charge in [-0.1, -0.05) is 117 Å². The fraction of sp³-hybridized carbons (Fsp3) is 0. The number of nitrogens with zero attached hydrogens (tertiary/aromatic N) is 2. The first-order valence-corrected chi connectivity index (χ1v) is 27.3. The third-order valence-electron chi connectivity index (χ3n) is 10.2. The van der Waals surface area contributed by atoms with Gasteiger partial charge in [0.15, 0.2) is 0 Å². The lowest BCUT2D eigenvalue weighted by molar-refractivity contribution is 1.31. The Balaban J connectivity index is 1.70. The Labute approximate surface area is 471 Å². The van der Waals surface area contributed by atoms with Crippen molar-refractivity contribution in [3.05, 3.63) is 154 Å². The highest BCUT2D eigenvalue weighted by atomic mass is 79.9. The summed E-state index contributed by atoms with van der Waals surface area (Å²) in [5, 5.41) is 2.86. The number of rotatable bonds is 4. The lowest BCUT2D eigenvalue weighted by atomic mass is 10.0. The molecule has 9 rings (SSSR count). The van der Waals surface area contributed by atoms with Crippen molar-refractivity contribution >= 4 is 260 Å². The molecule has 4 nitrogen and oxygen atoms in total. The Kier molecular flexibility index (Phi) is 14.5. The van der Waals surface area contributed by atoms with E-state index in [0.29, 0.717) is 165 Å². The third-order valence-corrected chi connectivity index (χ3v) is 21.1. The molecule has 0 radical (unpaired) electrons. The first-order valence-electron chi connectivity index (χ1n) is 17.9. The first-order chi connectivity index (χ1) is 30.4. The van der Waals surface area contributed by atoms with E-state index in [-0.39, 0.29) is 0 Å². The monoisotopic (exact) mass is 1510 g/mol. The molecule has 7 aromatic rings. The van der Waals surface area contributed by atoms with Gasteiger partial charge >= 0.3 is 0 Å². The summed E-state index contributed by atoms with van der Waals surface area (Å²) in [6, 6.07) is 21.2. The van der Waals surface area contributed by atoms with Crippen LogP contribution in [0.25, 0.3) is 84.5 Å². The predicted octanol–water partition coefficient (Wildman–Crippen LogP) is 22.5. The van der Waals surface area contributed by atoms with Gasteiger partial charge in [0.05, 0.1) is 121 Å². The molecule has 0 unspecified atom stereocenters. The van der Waals surface area contributed by atoms with Crippen molar-refractivity contribution in [3.8, 4) is 44.5 Å². The lowest BCUT2D eigenvalue weighted by Crippen LogP contribution is -1.93. The Morgan fingerprint density at radius 2 is 0.453 bits per heavy atom. The summed E-state index contributed by atoms with van der Waals surface area (Å²) < 4.78 is 4.57. The highest BCUT2D eigenvalue weighted by Crippen LogP contribution is 2.56. The molecule has 3 aromatic heterocycles. The van der Waals surface area contributed by atoms with Crippen molar-refractivity contribution in [1.29, 1.82) is 0 Å². The number of hydrogen-bond donors (Lipinski definition) is 2. The number of hydrogen-bond acceptors (Lipinski definition) is 2. The zero-order valence-electron chi connectivity index (χ0n) is 30.9. The maximum atomic E-state index is 7.13. The normalized spacial score (nSPS) is 12.9. The molecule has 20 heteroatoms. The summed E-state index contributed by atoms with van der Waals surface area (Å²) in [7, 11) is 0. The van der Waals surface area contributed by atoms with Crippen molar-refractivity contribution in [2.24, 2.45) is 0 Å². The molecule has 0 amide bonds. The van der Waals surface area contributed by atoms with E-state index >= 15 is 0 Å². The maximum absolute atomic E-state index is 7.13. The minimum absolute atomic E-state index is 0.358. The van der Waals surface area contributed by atoms with Crippen LogP contribution in [0.5, 0.6) is 0 Å². The van der Waals surface area contributed by atoms with E-state index in [9.17, 15) is 0 Å². The predicted molar refractivity (Wildman–Crippen MR) is 303 cm³/mol. The van der Waals surface area contributed by atoms with Crippen LogP contribution in [-0.4, -0.2) is 19.9 Å². The van der Waals surface area contributed by atoms with Crippen molar-refractivity contribution < 1.29 is 0 Å². The SMILES string of the molecule is Clc1cccc(Cl)c1-c1c2nc(c(-c3c(Cl)cccc3Cl)c3[nH]c(c(Br)c3Br)c(-c3c(Cl)cccc3Cl)c3nc(c(-c4c(Cl)cccc4Cl)c4[nH]c1c(Br)c4Br)C(Br)=C3Br)C(Br)=C2Br. The van der Waals surface area contributed by atoms with Crippen molar-refractivity contribution in [1.82, 2.24) is 19.9 Å². The molecule has 2 aliphatic rings. The van der Waals surface area contributed by atoms with Crippen molar-refractivity contribution in [2.75, 3.05) is 0 Å². The minimum atomic E-state index is 0.358. The second-order valence-corrected chi connectivity index (χ2v) is 23.4. The van der Waals surface area contributed by atoms with Crippen LogP contribution in [0.1, 0.15) is 22.8 Å². The van der Waals surface area contributed by atoms with Gasteiger partial charge in [0, 0.05) is 44.5 Å². The number of H-pyrrole nitrogens is 2. The Bertz CT molecular complexity index is 2970. The summed E-state index contributed by atoms with van der Waals surface area (Å²) >= 11 is 88.5. The smallest absolute Gasteiger partial charge is 0.0892 e. The van der Waals surface area contributed by atoms with Crippen LogP contribution in [0, 0.1) is 0 Å². The standard InChI is InChI=1S/C44H14Br8Cl8N4/c45-29-31(47)39-26(22-15(55)7-2-8-16(22)56)41-33(49)35(51)43(63-41)28(24-19(59)11-4-12-20(24)60)44-36(52)34(50)42(64-44)27(23-17(57)9-3-10-18(23)58)40-32(48)30(46)38(62-40)25(37(29)61-39)21-13(53)5-1-6-14(21)54/h1-12,61,64H. The van der Waals surface area contributed by atoms with Gasteiger partial charge in [0.2, 0.25) is 0 Å². The number of aromatic amines is 2. The maximum Gasteiger partial charge on any atom is 0.0892 e. The van der Waals surface area contributed by atoms with Gasteiger partial charge in [-0.3, -0.25) is 0 Å². The van der Waals surface area contributed by atoms with E-state index in [1.807, 2.05) is 0 Å². The molecule has 0 fully saturated rings. The molecule has 0 saturated carbocycles. The van der Waals surface area contributed by atoms with E-state index in [1.165, 1.54) is 0 Å². The van der Waals surface area contributed by atoms with Gasteiger partial charge in [-0.15, -0.1) is 0 Å². The summed E-state index contributed by atoms with van der Waals surface area (Å²) in [5.74, 6) is 0. The van der Waals surface area contributed by atoms with Crippen LogP contribution in [0.3, 0.4) is 0 Å². The quantitative estimate of drug-likeness (QED) is 0.185. The molecule has 64 heavy (non-hydrogen) atoms. The van der Waals surface area contributed by atoms with E-state index in [0.717, 1.165) is 0 Å². The molecule has 0 aliphatic carbocycles. The largest absolute Gasteiger partial charge is 0.352 e. The molecule has 5 heterocycles. The summed E-state index contributed by atoms with van der Waals surface area (Å²) in [6.07, 6.45) is 0. The molecular weight excluding hydrogens is 1510 g/mol.